The number of rotatable bonds is 4. The summed E-state index contributed by atoms with van der Waals surface area (Å²) in [5.74, 6) is -1.12. The fourth-order valence-corrected chi connectivity index (χ4v) is 3.64. The van der Waals surface area contributed by atoms with Crippen LogP contribution in [-0.2, 0) is 11.2 Å². The minimum atomic E-state index is -1.24. The van der Waals surface area contributed by atoms with Crippen LogP contribution in [0.5, 0.6) is 5.75 Å². The number of hydrogen-bond donors (Lipinski definition) is 3. The first kappa shape index (κ1) is 16.8. The summed E-state index contributed by atoms with van der Waals surface area (Å²) >= 11 is 0. The maximum Gasteiger partial charge on any atom is 0.547 e. The van der Waals surface area contributed by atoms with E-state index in [-0.39, 0.29) is 17.2 Å². The second-order valence-electron chi connectivity index (χ2n) is 6.69. The van der Waals surface area contributed by atoms with Gasteiger partial charge in [-0.05, 0) is 36.8 Å². The molecule has 0 spiro atoms. The molecular weight excluding hydrogens is 309 g/mol. The number of para-hydroxylation sites is 1. The smallest absolute Gasteiger partial charge is 0.534 e. The number of fused-ring (bicyclic) bond motifs is 1. The highest BCUT2D eigenvalue weighted by Crippen LogP contribution is 2.30. The highest BCUT2D eigenvalue weighted by atomic mass is 16.5. The van der Waals surface area contributed by atoms with Gasteiger partial charge in [0.2, 0.25) is 5.91 Å². The van der Waals surface area contributed by atoms with Gasteiger partial charge in [-0.25, -0.2) is 4.79 Å². The van der Waals surface area contributed by atoms with E-state index < -0.39 is 19.0 Å². The van der Waals surface area contributed by atoms with Crippen LogP contribution in [0.4, 0.5) is 0 Å². The molecule has 0 radical (unpaired) electrons. The summed E-state index contributed by atoms with van der Waals surface area (Å²) in [4.78, 5) is 23.5. The lowest BCUT2D eigenvalue weighted by molar-refractivity contribution is -0.122. The van der Waals surface area contributed by atoms with E-state index >= 15 is 0 Å². The molecule has 1 heterocycles. The Labute approximate surface area is 141 Å². The van der Waals surface area contributed by atoms with Gasteiger partial charge in [-0.2, -0.15) is 0 Å². The van der Waals surface area contributed by atoms with Gasteiger partial charge in [0, 0.05) is 6.42 Å². The maximum atomic E-state index is 12.2. The van der Waals surface area contributed by atoms with Crippen LogP contribution < -0.4 is 9.97 Å². The summed E-state index contributed by atoms with van der Waals surface area (Å²) in [5, 5.41) is 22.2. The monoisotopic (exact) mass is 331 g/mol. The molecule has 1 aromatic rings. The summed E-state index contributed by atoms with van der Waals surface area (Å²) in [7, 11) is -1.24. The molecule has 0 saturated heterocycles. The third kappa shape index (κ3) is 3.72. The highest BCUT2D eigenvalue weighted by molar-refractivity contribution is 6.47. The molecule has 1 aliphatic carbocycles. The highest BCUT2D eigenvalue weighted by Gasteiger charge is 2.37. The molecular formula is C17H22BNO5. The Morgan fingerprint density at radius 3 is 2.71 bits per heavy atom. The molecule has 1 unspecified atom stereocenters. The van der Waals surface area contributed by atoms with Crippen molar-refractivity contribution < 1.29 is 24.4 Å². The van der Waals surface area contributed by atoms with Crippen LogP contribution in [0.15, 0.2) is 18.2 Å². The third-order valence-corrected chi connectivity index (χ3v) is 4.89. The van der Waals surface area contributed by atoms with E-state index in [4.69, 9.17) is 4.65 Å². The number of carbonyl (C=O) groups is 2. The Hall–Kier alpha value is -2.02. The van der Waals surface area contributed by atoms with Gasteiger partial charge in [-0.3, -0.25) is 4.79 Å². The summed E-state index contributed by atoms with van der Waals surface area (Å²) in [6, 6.07) is 4.84. The number of amides is 1. The van der Waals surface area contributed by atoms with Crippen molar-refractivity contribution in [1.82, 2.24) is 5.32 Å². The van der Waals surface area contributed by atoms with E-state index in [0.717, 1.165) is 12.8 Å². The molecule has 128 valence electrons. The first-order valence-electron chi connectivity index (χ1n) is 8.54. The third-order valence-electron chi connectivity index (χ3n) is 4.89. The molecule has 3 rings (SSSR count). The lowest BCUT2D eigenvalue weighted by Crippen LogP contribution is -2.53. The first-order chi connectivity index (χ1) is 11.5. The van der Waals surface area contributed by atoms with Crippen molar-refractivity contribution in [1.29, 1.82) is 0 Å². The van der Waals surface area contributed by atoms with Gasteiger partial charge >= 0.3 is 13.1 Å². The molecule has 1 amide bonds. The summed E-state index contributed by atoms with van der Waals surface area (Å²) in [5.41, 5.74) is 0.710. The van der Waals surface area contributed by atoms with Crippen LogP contribution in [0.3, 0.4) is 0 Å². The van der Waals surface area contributed by atoms with E-state index in [1.54, 1.807) is 12.1 Å². The number of hydrogen-bond acceptors (Lipinski definition) is 4. The minimum Gasteiger partial charge on any atom is -0.534 e. The number of carboxylic acid groups (broad SMARTS) is 1. The van der Waals surface area contributed by atoms with Gasteiger partial charge in [0.25, 0.3) is 0 Å². The Balaban J connectivity index is 1.64. The van der Waals surface area contributed by atoms with Crippen molar-refractivity contribution in [2.45, 2.75) is 50.9 Å². The molecule has 0 bridgehead atoms. The van der Waals surface area contributed by atoms with Crippen molar-refractivity contribution in [2.75, 3.05) is 0 Å². The normalized spacial score (nSPS) is 20.9. The molecule has 1 atom stereocenters. The molecule has 1 saturated carbocycles. The zero-order valence-electron chi connectivity index (χ0n) is 13.5. The van der Waals surface area contributed by atoms with Gasteiger partial charge in [0.15, 0.2) is 0 Å². The van der Waals surface area contributed by atoms with Crippen LogP contribution >= 0.6 is 0 Å². The van der Waals surface area contributed by atoms with Crippen LogP contribution in [0.25, 0.3) is 0 Å². The molecule has 0 aromatic heterocycles. The predicted octanol–water partition coefficient (Wildman–Crippen LogP) is 1.79. The Morgan fingerprint density at radius 2 is 2.00 bits per heavy atom. The molecule has 7 heteroatoms. The molecule has 3 N–H and O–H groups in total. The van der Waals surface area contributed by atoms with E-state index in [9.17, 15) is 19.7 Å². The van der Waals surface area contributed by atoms with Crippen molar-refractivity contribution in [3.8, 4) is 5.75 Å². The molecule has 1 fully saturated rings. The molecule has 1 aromatic carbocycles. The van der Waals surface area contributed by atoms with Crippen LogP contribution in [0, 0.1) is 5.92 Å². The Morgan fingerprint density at radius 1 is 1.25 bits per heavy atom. The number of nitrogens with one attached hydrogen (secondary N) is 1. The van der Waals surface area contributed by atoms with Gasteiger partial charge < -0.3 is 20.1 Å². The van der Waals surface area contributed by atoms with Gasteiger partial charge in [-0.15, -0.1) is 0 Å². The predicted molar refractivity (Wildman–Crippen MR) is 88.8 cm³/mol. The standard InChI is InChI=1S/C17H22BNO5/c20-15(9-11-5-2-1-3-6-11)19-14-10-12-7-4-8-13(17(21)22)16(12)24-18(14)23/h4,7-8,11,14,23H,1-3,5-6,9-10H2,(H,19,20)(H,21,22). The van der Waals surface area contributed by atoms with E-state index in [0.29, 0.717) is 24.3 Å². The topological polar surface area (TPSA) is 95.9 Å². The summed E-state index contributed by atoms with van der Waals surface area (Å²) in [6.07, 6.45) is 6.61. The van der Waals surface area contributed by atoms with Crippen molar-refractivity contribution >= 4 is 19.0 Å². The van der Waals surface area contributed by atoms with E-state index in [1.807, 2.05) is 0 Å². The van der Waals surface area contributed by atoms with Crippen LogP contribution in [-0.4, -0.2) is 35.1 Å². The quantitative estimate of drug-likeness (QED) is 0.731. The summed E-state index contributed by atoms with van der Waals surface area (Å²) in [6.45, 7) is 0. The zero-order chi connectivity index (χ0) is 17.1. The molecule has 24 heavy (non-hydrogen) atoms. The van der Waals surface area contributed by atoms with Crippen molar-refractivity contribution in [3.63, 3.8) is 0 Å². The fraction of sp³-hybridized carbons (Fsp3) is 0.529. The average Bonchev–Trinajstić information content (AvgIpc) is 2.55. The Bertz CT molecular complexity index is 629. The number of aromatic carboxylic acids is 1. The number of carbonyl (C=O) groups excluding carboxylic acids is 1. The van der Waals surface area contributed by atoms with Gasteiger partial charge in [0.1, 0.15) is 5.75 Å². The van der Waals surface area contributed by atoms with Crippen LogP contribution in [0.2, 0.25) is 0 Å². The SMILES string of the molecule is O=C(CC1CCCCC1)NC1Cc2cccc(C(=O)O)c2OB1O. The number of carboxylic acids is 1. The number of benzene rings is 1. The van der Waals surface area contributed by atoms with Gasteiger partial charge in [-0.1, -0.05) is 31.4 Å². The van der Waals surface area contributed by atoms with Gasteiger partial charge in [0.05, 0.1) is 11.5 Å². The van der Waals surface area contributed by atoms with E-state index in [2.05, 4.69) is 5.32 Å². The molecule has 6 nitrogen and oxygen atoms in total. The maximum absolute atomic E-state index is 12.2. The summed E-state index contributed by atoms with van der Waals surface area (Å²) < 4.78 is 5.39. The fourth-order valence-electron chi connectivity index (χ4n) is 3.64. The Kier molecular flexibility index (Phi) is 5.09. The second-order valence-corrected chi connectivity index (χ2v) is 6.69. The van der Waals surface area contributed by atoms with E-state index in [1.165, 1.54) is 25.3 Å². The second kappa shape index (κ2) is 7.26. The van der Waals surface area contributed by atoms with Crippen molar-refractivity contribution in [2.24, 2.45) is 5.92 Å². The minimum absolute atomic E-state index is 0.0264. The molecule has 2 aliphatic rings. The first-order valence-corrected chi connectivity index (χ1v) is 8.54. The zero-order valence-corrected chi connectivity index (χ0v) is 13.5. The average molecular weight is 331 g/mol. The van der Waals surface area contributed by atoms with Crippen LogP contribution in [0.1, 0.15) is 54.4 Å². The molecule has 1 aliphatic heterocycles. The van der Waals surface area contributed by atoms with Crippen molar-refractivity contribution in [3.05, 3.63) is 29.3 Å². The largest absolute Gasteiger partial charge is 0.547 e. The lowest BCUT2D eigenvalue weighted by atomic mass is 9.72. The lowest BCUT2D eigenvalue weighted by Gasteiger charge is -2.29.